The molecule has 1 unspecified atom stereocenters. The van der Waals surface area contributed by atoms with Crippen molar-refractivity contribution in [2.24, 2.45) is 7.05 Å². The van der Waals surface area contributed by atoms with Gasteiger partial charge in [-0.3, -0.25) is 4.68 Å². The van der Waals surface area contributed by atoms with Gasteiger partial charge in [0.05, 0.1) is 29.8 Å². The monoisotopic (exact) mass is 663 g/mol. The molecule has 2 aliphatic rings. The van der Waals surface area contributed by atoms with Gasteiger partial charge in [0.2, 0.25) is 0 Å². The Kier molecular flexibility index (Phi) is 6.28. The minimum absolute atomic E-state index is 0.145. The lowest BCUT2D eigenvalue weighted by atomic mass is 9.87. The summed E-state index contributed by atoms with van der Waals surface area (Å²) < 4.78 is 44.0. The van der Waals surface area contributed by atoms with Crippen LogP contribution in [0.15, 0.2) is 70.4 Å². The Morgan fingerprint density at radius 3 is 2.63 bits per heavy atom. The number of rotatable bonds is 3. The summed E-state index contributed by atoms with van der Waals surface area (Å²) in [7, 11) is -2.17. The van der Waals surface area contributed by atoms with Crippen molar-refractivity contribution in [3.05, 3.63) is 76.7 Å². The highest BCUT2D eigenvalue weighted by Crippen LogP contribution is 2.51. The van der Waals surface area contributed by atoms with Crippen molar-refractivity contribution in [2.45, 2.75) is 49.9 Å². The minimum atomic E-state index is -4.05. The number of hydrogen-bond donors (Lipinski definition) is 0. The molecule has 5 aromatic rings. The molecule has 7 rings (SSSR count). The van der Waals surface area contributed by atoms with Crippen molar-refractivity contribution >= 4 is 54.0 Å². The van der Waals surface area contributed by atoms with E-state index in [4.69, 9.17) is 14.5 Å². The number of likely N-dealkylation sites (tertiary alicyclic amines) is 1. The molecule has 0 saturated carbocycles. The molecule has 3 aromatic heterocycles. The van der Waals surface area contributed by atoms with Gasteiger partial charge in [0.25, 0.3) is 10.0 Å². The lowest BCUT2D eigenvalue weighted by molar-refractivity contribution is -0.0320. The van der Waals surface area contributed by atoms with Gasteiger partial charge in [-0.05, 0) is 66.5 Å². The summed E-state index contributed by atoms with van der Waals surface area (Å²) in [6.07, 6.45) is 3.61. The molecule has 222 valence electrons. The standard InChI is InChI=1S/C31H30BrN5O5S/c1-30(2,3)42-29(38)36-13-12-31(18-36)26-21(17-41-31)15-33-28-25(26)24(19-10-11-23-20(14-19)16-34-35(23)4)27(32)37(28)43(39,40)22-8-6-5-7-9-22/h5-11,14-16H,12-13,17-18H2,1-4H3. The molecule has 0 aliphatic carbocycles. The van der Waals surface area contributed by atoms with E-state index < -0.39 is 27.3 Å². The van der Waals surface area contributed by atoms with Crippen molar-refractivity contribution in [2.75, 3.05) is 13.1 Å². The van der Waals surface area contributed by atoms with Gasteiger partial charge in [-0.25, -0.2) is 22.2 Å². The molecule has 43 heavy (non-hydrogen) atoms. The number of carbonyl (C=O) groups excluding carboxylic acids is 1. The fourth-order valence-corrected chi connectivity index (χ4v) is 8.78. The van der Waals surface area contributed by atoms with Crippen LogP contribution in [0.4, 0.5) is 4.79 Å². The molecule has 0 radical (unpaired) electrons. The van der Waals surface area contributed by atoms with E-state index in [9.17, 15) is 13.2 Å². The van der Waals surface area contributed by atoms with Crippen molar-refractivity contribution in [1.82, 2.24) is 23.6 Å². The highest BCUT2D eigenvalue weighted by molar-refractivity contribution is 9.10. The summed E-state index contributed by atoms with van der Waals surface area (Å²) in [6.45, 7) is 6.54. The molecule has 10 nitrogen and oxygen atoms in total. The first-order valence-corrected chi connectivity index (χ1v) is 16.2. The Bertz CT molecular complexity index is 2050. The molecular formula is C31H30BrN5O5S. The lowest BCUT2D eigenvalue weighted by Gasteiger charge is -2.27. The van der Waals surface area contributed by atoms with Crippen LogP contribution >= 0.6 is 15.9 Å². The van der Waals surface area contributed by atoms with Crippen LogP contribution in [0.1, 0.15) is 38.3 Å². The van der Waals surface area contributed by atoms with E-state index in [1.807, 2.05) is 46.0 Å². The van der Waals surface area contributed by atoms with Crippen LogP contribution in [0.3, 0.4) is 0 Å². The Morgan fingerprint density at radius 2 is 1.88 bits per heavy atom. The number of pyridine rings is 1. The zero-order chi connectivity index (χ0) is 30.3. The Morgan fingerprint density at radius 1 is 1.12 bits per heavy atom. The van der Waals surface area contributed by atoms with E-state index in [0.29, 0.717) is 35.1 Å². The Balaban J connectivity index is 1.49. The maximum Gasteiger partial charge on any atom is 0.410 e. The number of halogens is 1. The summed E-state index contributed by atoms with van der Waals surface area (Å²) in [4.78, 5) is 19.6. The van der Waals surface area contributed by atoms with Gasteiger partial charge in [0, 0.05) is 53.7 Å². The smallest absolute Gasteiger partial charge is 0.410 e. The second-order valence-corrected chi connectivity index (χ2v) is 14.6. The zero-order valence-corrected chi connectivity index (χ0v) is 26.6. The van der Waals surface area contributed by atoms with Crippen LogP contribution in [-0.4, -0.2) is 56.8 Å². The van der Waals surface area contributed by atoms with Crippen molar-refractivity contribution < 1.29 is 22.7 Å². The second-order valence-electron chi connectivity index (χ2n) is 12.1. The quantitative estimate of drug-likeness (QED) is 0.234. The van der Waals surface area contributed by atoms with Gasteiger partial charge in [-0.1, -0.05) is 24.3 Å². The average molecular weight is 665 g/mol. The number of aromatic nitrogens is 4. The molecule has 1 atom stereocenters. The number of hydrogen-bond acceptors (Lipinski definition) is 7. The van der Waals surface area contributed by atoms with Crippen molar-refractivity contribution in [1.29, 1.82) is 0 Å². The third kappa shape index (κ3) is 4.37. The van der Waals surface area contributed by atoms with E-state index in [1.165, 1.54) is 3.97 Å². The average Bonchev–Trinajstić information content (AvgIpc) is 3.72. The normalized spacial score (nSPS) is 18.7. The number of fused-ring (bicyclic) bond motifs is 5. The van der Waals surface area contributed by atoms with E-state index in [2.05, 4.69) is 21.0 Å². The summed E-state index contributed by atoms with van der Waals surface area (Å²) >= 11 is 3.70. The molecule has 1 amide bonds. The lowest BCUT2D eigenvalue weighted by Crippen LogP contribution is -2.38. The fraction of sp³-hybridized carbons (Fsp3) is 0.323. The van der Waals surface area contributed by atoms with Crippen LogP contribution in [0.5, 0.6) is 0 Å². The molecular weight excluding hydrogens is 634 g/mol. The number of ether oxygens (including phenoxy) is 2. The topological polar surface area (TPSA) is 109 Å². The molecule has 12 heteroatoms. The van der Waals surface area contributed by atoms with Crippen LogP contribution < -0.4 is 0 Å². The first kappa shape index (κ1) is 28.1. The van der Waals surface area contributed by atoms with Gasteiger partial charge >= 0.3 is 6.09 Å². The molecule has 0 bridgehead atoms. The van der Waals surface area contributed by atoms with Crippen LogP contribution in [0, 0.1) is 0 Å². The predicted octanol–water partition coefficient (Wildman–Crippen LogP) is 5.96. The summed E-state index contributed by atoms with van der Waals surface area (Å²) in [6, 6.07) is 14.3. The molecule has 1 saturated heterocycles. The zero-order valence-electron chi connectivity index (χ0n) is 24.2. The number of amides is 1. The van der Waals surface area contributed by atoms with Gasteiger partial charge in [-0.15, -0.1) is 0 Å². The van der Waals surface area contributed by atoms with E-state index in [-0.39, 0.29) is 17.1 Å². The molecule has 1 fully saturated rings. The molecule has 0 N–H and O–H groups in total. The maximum absolute atomic E-state index is 14.2. The molecule has 5 heterocycles. The van der Waals surface area contributed by atoms with Crippen LogP contribution in [0.2, 0.25) is 0 Å². The van der Waals surface area contributed by atoms with E-state index in [1.54, 1.807) is 52.3 Å². The second kappa shape index (κ2) is 9.63. The van der Waals surface area contributed by atoms with Gasteiger partial charge < -0.3 is 14.4 Å². The highest BCUT2D eigenvalue weighted by Gasteiger charge is 2.50. The number of carbonyl (C=O) groups is 1. The first-order valence-electron chi connectivity index (χ1n) is 14.0. The fourth-order valence-electron chi connectivity index (χ4n) is 6.23. The van der Waals surface area contributed by atoms with Gasteiger partial charge in [0.15, 0.2) is 5.65 Å². The maximum atomic E-state index is 14.2. The summed E-state index contributed by atoms with van der Waals surface area (Å²) in [5.41, 5.74) is 2.97. The Labute approximate surface area is 257 Å². The van der Waals surface area contributed by atoms with E-state index >= 15 is 0 Å². The number of nitrogens with zero attached hydrogens (tertiary/aromatic N) is 5. The molecule has 1 spiro atoms. The molecule has 2 aliphatic heterocycles. The van der Waals surface area contributed by atoms with E-state index in [0.717, 1.165) is 27.6 Å². The van der Waals surface area contributed by atoms with Crippen LogP contribution in [0.25, 0.3) is 33.1 Å². The highest BCUT2D eigenvalue weighted by atomic mass is 79.9. The first-order chi connectivity index (χ1) is 20.4. The third-order valence-electron chi connectivity index (χ3n) is 8.12. The largest absolute Gasteiger partial charge is 0.444 e. The number of aryl methyl sites for hydroxylation is 1. The summed E-state index contributed by atoms with van der Waals surface area (Å²) in [5, 5.41) is 5.98. The van der Waals surface area contributed by atoms with Crippen LogP contribution in [-0.2, 0) is 38.8 Å². The summed E-state index contributed by atoms with van der Waals surface area (Å²) in [5.74, 6) is 0. The van der Waals surface area contributed by atoms with Crippen molar-refractivity contribution in [3.63, 3.8) is 0 Å². The molecule has 2 aromatic carbocycles. The van der Waals surface area contributed by atoms with Gasteiger partial charge in [-0.2, -0.15) is 5.10 Å². The Hall–Kier alpha value is -3.74. The van der Waals surface area contributed by atoms with Crippen molar-refractivity contribution in [3.8, 4) is 11.1 Å². The number of benzene rings is 2. The SMILES string of the molecule is Cn1ncc2cc(-c3c(Br)n(S(=O)(=O)c4ccccc4)c4ncc5c(c34)C3(CCN(C(=O)OC(C)(C)C)C3)OC5)ccc21. The third-order valence-corrected chi connectivity index (χ3v) is 10.8. The van der Waals surface area contributed by atoms with Gasteiger partial charge in [0.1, 0.15) is 15.8 Å². The predicted molar refractivity (Wildman–Crippen MR) is 165 cm³/mol. The minimum Gasteiger partial charge on any atom is -0.444 e.